The van der Waals surface area contributed by atoms with Gasteiger partial charge < -0.3 is 15.0 Å². The van der Waals surface area contributed by atoms with Gasteiger partial charge in [0.25, 0.3) is 0 Å². The molecule has 2 aliphatic heterocycles. The molecule has 1 N–H and O–H groups in total. The van der Waals surface area contributed by atoms with Crippen molar-refractivity contribution in [2.24, 2.45) is 0 Å². The number of carbonyl (C=O) groups excluding carboxylic acids is 2. The molecule has 2 heterocycles. The number of benzene rings is 2. The van der Waals surface area contributed by atoms with Gasteiger partial charge in [-0.25, -0.2) is 0 Å². The highest BCUT2D eigenvalue weighted by atomic mass is 16.5. The van der Waals surface area contributed by atoms with E-state index in [0.29, 0.717) is 39.3 Å². The lowest BCUT2D eigenvalue weighted by Gasteiger charge is -2.35. The second-order valence-electron chi connectivity index (χ2n) is 9.51. The molecule has 0 saturated carbocycles. The molecule has 2 amide bonds. The Morgan fingerprint density at radius 3 is 2.49 bits per heavy atom. The number of rotatable bonds is 10. The topological polar surface area (TPSA) is 65.1 Å². The van der Waals surface area contributed by atoms with Crippen LogP contribution in [0.5, 0.6) is 0 Å². The van der Waals surface area contributed by atoms with Crippen LogP contribution in [0.4, 0.5) is 5.69 Å². The molecule has 0 radical (unpaired) electrons. The van der Waals surface area contributed by atoms with Gasteiger partial charge in [0.1, 0.15) is 0 Å². The molecule has 2 saturated heterocycles. The van der Waals surface area contributed by atoms with Gasteiger partial charge in [-0.1, -0.05) is 55.5 Å². The molecule has 2 fully saturated rings. The van der Waals surface area contributed by atoms with E-state index in [9.17, 15) is 9.59 Å². The van der Waals surface area contributed by atoms with Crippen molar-refractivity contribution in [2.45, 2.75) is 38.8 Å². The Hall–Kier alpha value is -2.74. The van der Waals surface area contributed by atoms with Gasteiger partial charge in [-0.3, -0.25) is 19.4 Å². The minimum atomic E-state index is -0.00345. The Bertz CT molecular complexity index is 954. The largest absolute Gasteiger partial charge is 0.377 e. The van der Waals surface area contributed by atoms with Crippen LogP contribution < -0.4 is 5.32 Å². The fourth-order valence-electron chi connectivity index (χ4n) is 4.89. The van der Waals surface area contributed by atoms with Crippen LogP contribution >= 0.6 is 0 Å². The molecule has 0 spiro atoms. The zero-order valence-corrected chi connectivity index (χ0v) is 20.8. The molecular formula is C28H38N4O3. The van der Waals surface area contributed by atoms with Gasteiger partial charge in [0.05, 0.1) is 19.2 Å². The van der Waals surface area contributed by atoms with Crippen molar-refractivity contribution in [3.63, 3.8) is 0 Å². The number of nitrogens with zero attached hydrogens (tertiary/aromatic N) is 3. The first-order valence-electron chi connectivity index (χ1n) is 12.9. The SMILES string of the molecule is CCc1ccccc1NC(=O)CN1CCN(C(=O)CN(Cc2ccccc2)CC2CCCO2)CC1. The summed E-state index contributed by atoms with van der Waals surface area (Å²) in [6.07, 6.45) is 3.24. The van der Waals surface area contributed by atoms with Gasteiger partial charge in [-0.2, -0.15) is 0 Å². The number of hydrogen-bond donors (Lipinski definition) is 1. The molecule has 0 aliphatic carbocycles. The first kappa shape index (κ1) is 25.4. The van der Waals surface area contributed by atoms with Gasteiger partial charge in [0.2, 0.25) is 11.8 Å². The highest BCUT2D eigenvalue weighted by Gasteiger charge is 2.26. The number of amides is 2. The maximum Gasteiger partial charge on any atom is 0.238 e. The molecule has 0 aromatic heterocycles. The van der Waals surface area contributed by atoms with Crippen molar-refractivity contribution in [3.05, 3.63) is 65.7 Å². The van der Waals surface area contributed by atoms with E-state index in [-0.39, 0.29) is 17.9 Å². The van der Waals surface area contributed by atoms with Crippen LogP contribution in [-0.4, -0.2) is 85.0 Å². The molecule has 4 rings (SSSR count). The Morgan fingerprint density at radius 1 is 1.03 bits per heavy atom. The molecule has 0 bridgehead atoms. The number of nitrogens with one attached hydrogen (secondary N) is 1. The normalized spacial score (nSPS) is 18.7. The van der Waals surface area contributed by atoms with E-state index in [2.05, 4.69) is 34.2 Å². The maximum absolute atomic E-state index is 13.2. The molecule has 2 aromatic carbocycles. The second kappa shape index (κ2) is 12.8. The number of para-hydroxylation sites is 1. The quantitative estimate of drug-likeness (QED) is 0.569. The lowest BCUT2D eigenvalue weighted by atomic mass is 10.1. The number of ether oxygens (including phenoxy) is 1. The Morgan fingerprint density at radius 2 is 1.77 bits per heavy atom. The van der Waals surface area contributed by atoms with Crippen molar-refractivity contribution in [2.75, 3.05) is 57.7 Å². The lowest BCUT2D eigenvalue weighted by molar-refractivity contribution is -0.134. The molecule has 2 aliphatic rings. The van der Waals surface area contributed by atoms with Gasteiger partial charge in [0.15, 0.2) is 0 Å². The Kier molecular flexibility index (Phi) is 9.28. The monoisotopic (exact) mass is 478 g/mol. The molecule has 188 valence electrons. The van der Waals surface area contributed by atoms with Gasteiger partial charge in [-0.05, 0) is 36.5 Å². The zero-order valence-electron chi connectivity index (χ0n) is 20.8. The van der Waals surface area contributed by atoms with Crippen LogP contribution in [0.3, 0.4) is 0 Å². The fraction of sp³-hybridized carbons (Fsp3) is 0.500. The molecule has 1 unspecified atom stereocenters. The summed E-state index contributed by atoms with van der Waals surface area (Å²) in [6, 6.07) is 18.2. The number of hydrogen-bond acceptors (Lipinski definition) is 5. The molecule has 7 nitrogen and oxygen atoms in total. The van der Waals surface area contributed by atoms with Crippen LogP contribution in [0.15, 0.2) is 54.6 Å². The zero-order chi connectivity index (χ0) is 24.5. The van der Waals surface area contributed by atoms with Crippen molar-refractivity contribution >= 4 is 17.5 Å². The minimum Gasteiger partial charge on any atom is -0.377 e. The van der Waals surface area contributed by atoms with E-state index in [1.807, 2.05) is 47.4 Å². The van der Waals surface area contributed by atoms with Gasteiger partial charge in [-0.15, -0.1) is 0 Å². The summed E-state index contributed by atoms with van der Waals surface area (Å²) in [5.74, 6) is 0.149. The van der Waals surface area contributed by atoms with Gasteiger partial charge >= 0.3 is 0 Å². The highest BCUT2D eigenvalue weighted by molar-refractivity contribution is 5.93. The summed E-state index contributed by atoms with van der Waals surface area (Å²) in [6.45, 7) is 7.87. The van der Waals surface area contributed by atoms with E-state index in [0.717, 1.165) is 50.2 Å². The minimum absolute atomic E-state index is 0.00345. The van der Waals surface area contributed by atoms with E-state index < -0.39 is 0 Å². The molecule has 7 heteroatoms. The van der Waals surface area contributed by atoms with E-state index in [4.69, 9.17) is 4.74 Å². The van der Waals surface area contributed by atoms with Crippen LogP contribution in [0.1, 0.15) is 30.9 Å². The summed E-state index contributed by atoms with van der Waals surface area (Å²) in [5.41, 5.74) is 3.23. The molecular weight excluding hydrogens is 440 g/mol. The third kappa shape index (κ3) is 7.62. The van der Waals surface area contributed by atoms with Crippen LogP contribution in [0.2, 0.25) is 0 Å². The van der Waals surface area contributed by atoms with Gasteiger partial charge in [0, 0.05) is 51.6 Å². The van der Waals surface area contributed by atoms with Crippen LogP contribution in [-0.2, 0) is 27.3 Å². The third-order valence-electron chi connectivity index (χ3n) is 6.86. The smallest absolute Gasteiger partial charge is 0.238 e. The summed E-state index contributed by atoms with van der Waals surface area (Å²) in [7, 11) is 0. The summed E-state index contributed by atoms with van der Waals surface area (Å²) in [5, 5.41) is 3.05. The standard InChI is InChI=1S/C28H38N4O3/c1-2-24-11-6-7-13-26(24)29-27(33)21-30-14-16-32(17-15-30)28(34)22-31(20-25-12-8-18-35-25)19-23-9-4-3-5-10-23/h3-7,9-11,13,25H,2,8,12,14-22H2,1H3,(H,29,33). The number of carbonyl (C=O) groups is 2. The van der Waals surface area contributed by atoms with Crippen molar-refractivity contribution in [3.8, 4) is 0 Å². The first-order valence-corrected chi connectivity index (χ1v) is 12.9. The highest BCUT2D eigenvalue weighted by Crippen LogP contribution is 2.17. The second-order valence-corrected chi connectivity index (χ2v) is 9.51. The van der Waals surface area contributed by atoms with Crippen molar-refractivity contribution in [1.29, 1.82) is 0 Å². The number of piperazine rings is 1. The van der Waals surface area contributed by atoms with E-state index >= 15 is 0 Å². The summed E-state index contributed by atoms with van der Waals surface area (Å²) in [4.78, 5) is 32.0. The molecule has 35 heavy (non-hydrogen) atoms. The first-order chi connectivity index (χ1) is 17.1. The van der Waals surface area contributed by atoms with Crippen LogP contribution in [0, 0.1) is 0 Å². The predicted molar refractivity (Wildman–Crippen MR) is 138 cm³/mol. The Labute approximate surface area is 209 Å². The van der Waals surface area contributed by atoms with Crippen LogP contribution in [0.25, 0.3) is 0 Å². The average Bonchev–Trinajstić information content (AvgIpc) is 3.38. The maximum atomic E-state index is 13.2. The lowest BCUT2D eigenvalue weighted by Crippen LogP contribution is -2.52. The summed E-state index contributed by atoms with van der Waals surface area (Å²) >= 11 is 0. The third-order valence-corrected chi connectivity index (χ3v) is 6.86. The van der Waals surface area contributed by atoms with Crippen molar-refractivity contribution in [1.82, 2.24) is 14.7 Å². The fourth-order valence-corrected chi connectivity index (χ4v) is 4.89. The van der Waals surface area contributed by atoms with E-state index in [1.165, 1.54) is 5.56 Å². The number of aryl methyl sites for hydroxylation is 1. The van der Waals surface area contributed by atoms with Crippen molar-refractivity contribution < 1.29 is 14.3 Å². The molecule has 2 aromatic rings. The predicted octanol–water partition coefficient (Wildman–Crippen LogP) is 3.01. The average molecular weight is 479 g/mol. The Balaban J connectivity index is 1.25. The van der Waals surface area contributed by atoms with E-state index in [1.54, 1.807) is 0 Å². The molecule has 1 atom stereocenters. The summed E-state index contributed by atoms with van der Waals surface area (Å²) < 4.78 is 5.85. The number of anilines is 1.